The zero-order valence-electron chi connectivity index (χ0n) is 10.9. The second-order valence-corrected chi connectivity index (χ2v) is 5.01. The Hall–Kier alpha value is -1.02. The molecular weight excluding hydrogens is 208 g/mol. The third kappa shape index (κ3) is 4.04. The molecule has 1 unspecified atom stereocenters. The minimum atomic E-state index is 0.956. The van der Waals surface area contributed by atoms with Crippen LogP contribution in [0.15, 0.2) is 30.3 Å². The van der Waals surface area contributed by atoms with Crippen LogP contribution < -0.4 is 5.32 Å². The van der Waals surface area contributed by atoms with Crippen molar-refractivity contribution in [3.8, 4) is 0 Å². The lowest BCUT2D eigenvalue weighted by Crippen LogP contribution is -2.23. The van der Waals surface area contributed by atoms with Gasteiger partial charge in [-0.3, -0.25) is 0 Å². The van der Waals surface area contributed by atoms with Gasteiger partial charge in [0, 0.05) is 18.8 Å². The molecule has 2 heteroatoms. The first kappa shape index (κ1) is 12.4. The zero-order chi connectivity index (χ0) is 11.9. The van der Waals surface area contributed by atoms with Crippen molar-refractivity contribution in [3.05, 3.63) is 30.3 Å². The van der Waals surface area contributed by atoms with Gasteiger partial charge in [-0.05, 0) is 44.0 Å². The topological polar surface area (TPSA) is 15.3 Å². The van der Waals surface area contributed by atoms with Gasteiger partial charge in [-0.1, -0.05) is 31.5 Å². The average molecular weight is 232 g/mol. The van der Waals surface area contributed by atoms with E-state index in [4.69, 9.17) is 0 Å². The predicted octanol–water partition coefficient (Wildman–Crippen LogP) is 3.22. The van der Waals surface area contributed by atoms with Gasteiger partial charge < -0.3 is 10.2 Å². The summed E-state index contributed by atoms with van der Waals surface area (Å²) < 4.78 is 0. The lowest BCUT2D eigenvalue weighted by molar-refractivity contribution is 0.321. The molecule has 2 rings (SSSR count). The highest BCUT2D eigenvalue weighted by Crippen LogP contribution is 2.18. The van der Waals surface area contributed by atoms with Gasteiger partial charge in [0.1, 0.15) is 0 Å². The summed E-state index contributed by atoms with van der Waals surface area (Å²) >= 11 is 0. The summed E-state index contributed by atoms with van der Waals surface area (Å²) in [5.74, 6) is 0.956. The van der Waals surface area contributed by atoms with Crippen molar-refractivity contribution in [3.63, 3.8) is 0 Å². The molecule has 1 aromatic rings. The number of anilines is 1. The molecule has 17 heavy (non-hydrogen) atoms. The molecule has 1 saturated heterocycles. The molecule has 0 radical (unpaired) electrons. The SMILES string of the molecule is CCC1CCN(CCCNc2ccccc2)C1. The van der Waals surface area contributed by atoms with Gasteiger partial charge in [0.25, 0.3) is 0 Å². The summed E-state index contributed by atoms with van der Waals surface area (Å²) in [6, 6.07) is 10.5. The van der Waals surface area contributed by atoms with E-state index in [0.29, 0.717) is 0 Å². The minimum absolute atomic E-state index is 0.956. The fourth-order valence-electron chi connectivity index (χ4n) is 2.54. The Morgan fingerprint density at radius 3 is 2.82 bits per heavy atom. The molecule has 1 aliphatic heterocycles. The van der Waals surface area contributed by atoms with E-state index in [1.54, 1.807) is 0 Å². The second kappa shape index (κ2) is 6.65. The van der Waals surface area contributed by atoms with Gasteiger partial charge in [-0.2, -0.15) is 0 Å². The highest BCUT2D eigenvalue weighted by molar-refractivity contribution is 5.42. The molecule has 0 aromatic heterocycles. The van der Waals surface area contributed by atoms with Crippen molar-refractivity contribution in [2.45, 2.75) is 26.2 Å². The van der Waals surface area contributed by atoms with Crippen LogP contribution in [0, 0.1) is 5.92 Å². The number of likely N-dealkylation sites (tertiary alicyclic amines) is 1. The smallest absolute Gasteiger partial charge is 0.0340 e. The number of rotatable bonds is 6. The maximum absolute atomic E-state index is 3.47. The van der Waals surface area contributed by atoms with E-state index < -0.39 is 0 Å². The van der Waals surface area contributed by atoms with Gasteiger partial charge in [-0.25, -0.2) is 0 Å². The monoisotopic (exact) mass is 232 g/mol. The van der Waals surface area contributed by atoms with Crippen LogP contribution >= 0.6 is 0 Å². The van der Waals surface area contributed by atoms with E-state index >= 15 is 0 Å². The molecular formula is C15H24N2. The van der Waals surface area contributed by atoms with Crippen molar-refractivity contribution in [1.29, 1.82) is 0 Å². The number of hydrogen-bond donors (Lipinski definition) is 1. The van der Waals surface area contributed by atoms with Gasteiger partial charge in [0.05, 0.1) is 0 Å². The Kier molecular flexibility index (Phi) is 4.87. The van der Waals surface area contributed by atoms with E-state index in [0.717, 1.165) is 12.5 Å². The van der Waals surface area contributed by atoms with Gasteiger partial charge >= 0.3 is 0 Å². The standard InChI is InChI=1S/C15H24N2/c1-2-14-9-12-17(13-14)11-6-10-16-15-7-4-3-5-8-15/h3-5,7-8,14,16H,2,6,9-13H2,1H3. The molecule has 2 nitrogen and oxygen atoms in total. The maximum Gasteiger partial charge on any atom is 0.0340 e. The largest absolute Gasteiger partial charge is 0.385 e. The van der Waals surface area contributed by atoms with Crippen molar-refractivity contribution in [2.24, 2.45) is 5.92 Å². The van der Waals surface area contributed by atoms with Crippen LogP contribution in [0.25, 0.3) is 0 Å². The summed E-state index contributed by atoms with van der Waals surface area (Å²) in [5, 5.41) is 3.47. The van der Waals surface area contributed by atoms with Crippen LogP contribution in [0.1, 0.15) is 26.2 Å². The van der Waals surface area contributed by atoms with Crippen LogP contribution in [0.2, 0.25) is 0 Å². The normalized spacial score (nSPS) is 20.6. The lowest BCUT2D eigenvalue weighted by Gasteiger charge is -2.15. The Morgan fingerprint density at radius 1 is 1.29 bits per heavy atom. The molecule has 94 valence electrons. The average Bonchev–Trinajstić information content (AvgIpc) is 2.84. The second-order valence-electron chi connectivity index (χ2n) is 5.01. The van der Waals surface area contributed by atoms with Crippen LogP contribution in [0.5, 0.6) is 0 Å². The Morgan fingerprint density at radius 2 is 2.12 bits per heavy atom. The summed E-state index contributed by atoms with van der Waals surface area (Å²) in [7, 11) is 0. The van der Waals surface area contributed by atoms with Gasteiger partial charge in [0.2, 0.25) is 0 Å². The van der Waals surface area contributed by atoms with Crippen LogP contribution in [-0.4, -0.2) is 31.1 Å². The quantitative estimate of drug-likeness (QED) is 0.758. The molecule has 1 atom stereocenters. The van der Waals surface area contributed by atoms with E-state index in [1.807, 2.05) is 0 Å². The molecule has 1 heterocycles. The molecule has 0 aliphatic carbocycles. The highest BCUT2D eigenvalue weighted by atomic mass is 15.1. The minimum Gasteiger partial charge on any atom is -0.385 e. The van der Waals surface area contributed by atoms with E-state index in [2.05, 4.69) is 47.5 Å². The van der Waals surface area contributed by atoms with Crippen LogP contribution in [-0.2, 0) is 0 Å². The molecule has 0 amide bonds. The summed E-state index contributed by atoms with van der Waals surface area (Å²) in [6.45, 7) is 7.27. The third-order valence-electron chi connectivity index (χ3n) is 3.70. The zero-order valence-corrected chi connectivity index (χ0v) is 10.9. The fraction of sp³-hybridized carbons (Fsp3) is 0.600. The van der Waals surface area contributed by atoms with Crippen molar-refractivity contribution in [2.75, 3.05) is 31.5 Å². The highest BCUT2D eigenvalue weighted by Gasteiger charge is 2.19. The van der Waals surface area contributed by atoms with Crippen molar-refractivity contribution >= 4 is 5.69 Å². The van der Waals surface area contributed by atoms with E-state index in [-0.39, 0.29) is 0 Å². The van der Waals surface area contributed by atoms with E-state index in [1.165, 1.54) is 44.6 Å². The Bertz CT molecular complexity index is 310. The molecule has 0 saturated carbocycles. The molecule has 1 N–H and O–H groups in total. The predicted molar refractivity (Wildman–Crippen MR) is 74.4 cm³/mol. The van der Waals surface area contributed by atoms with Crippen molar-refractivity contribution < 1.29 is 0 Å². The molecule has 1 aliphatic rings. The third-order valence-corrected chi connectivity index (χ3v) is 3.70. The summed E-state index contributed by atoms with van der Waals surface area (Å²) in [5.41, 5.74) is 1.24. The first-order chi connectivity index (χ1) is 8.38. The first-order valence-corrected chi connectivity index (χ1v) is 6.89. The summed E-state index contributed by atoms with van der Waals surface area (Å²) in [6.07, 6.45) is 3.99. The maximum atomic E-state index is 3.47. The summed E-state index contributed by atoms with van der Waals surface area (Å²) in [4.78, 5) is 2.61. The molecule has 1 aromatic carbocycles. The fourth-order valence-corrected chi connectivity index (χ4v) is 2.54. The lowest BCUT2D eigenvalue weighted by atomic mass is 10.1. The van der Waals surface area contributed by atoms with Gasteiger partial charge in [0.15, 0.2) is 0 Å². The van der Waals surface area contributed by atoms with Crippen LogP contribution in [0.4, 0.5) is 5.69 Å². The number of benzene rings is 1. The number of nitrogens with one attached hydrogen (secondary N) is 1. The molecule has 1 fully saturated rings. The van der Waals surface area contributed by atoms with Crippen molar-refractivity contribution in [1.82, 2.24) is 4.90 Å². The van der Waals surface area contributed by atoms with E-state index in [9.17, 15) is 0 Å². The molecule has 0 bridgehead atoms. The molecule has 0 spiro atoms. The van der Waals surface area contributed by atoms with Crippen LogP contribution in [0.3, 0.4) is 0 Å². The Balaban J connectivity index is 1.58. The number of para-hydroxylation sites is 1. The van der Waals surface area contributed by atoms with Gasteiger partial charge in [-0.15, -0.1) is 0 Å². The number of hydrogen-bond acceptors (Lipinski definition) is 2. The Labute approximate surface area is 105 Å². The number of nitrogens with zero attached hydrogens (tertiary/aromatic N) is 1. The first-order valence-electron chi connectivity index (χ1n) is 6.89.